The Balaban J connectivity index is 1.86. The van der Waals surface area contributed by atoms with Crippen molar-refractivity contribution in [2.24, 2.45) is 0 Å². The molecule has 0 spiro atoms. The molecule has 3 rings (SSSR count). The molecule has 0 aromatic heterocycles. The number of carbonyl (C=O) groups excluding carboxylic acids is 3. The van der Waals surface area contributed by atoms with E-state index in [0.717, 1.165) is 11.0 Å². The van der Waals surface area contributed by atoms with Crippen LogP contribution in [-0.2, 0) is 20.2 Å². The van der Waals surface area contributed by atoms with Gasteiger partial charge in [-0.3, -0.25) is 14.5 Å². The Bertz CT molecular complexity index is 753. The Kier molecular flexibility index (Phi) is 4.09. The summed E-state index contributed by atoms with van der Waals surface area (Å²) in [6, 6.07) is 4.05. The lowest BCUT2D eigenvalue weighted by atomic mass is 10.1. The fourth-order valence-corrected chi connectivity index (χ4v) is 2.98. The van der Waals surface area contributed by atoms with Gasteiger partial charge in [0.1, 0.15) is 6.10 Å². The summed E-state index contributed by atoms with van der Waals surface area (Å²) in [5.41, 5.74) is -0.0573. The van der Waals surface area contributed by atoms with E-state index < -0.39 is 29.6 Å². The summed E-state index contributed by atoms with van der Waals surface area (Å²) in [7, 11) is 0. The van der Waals surface area contributed by atoms with Crippen molar-refractivity contribution in [3.8, 4) is 0 Å². The van der Waals surface area contributed by atoms with E-state index in [4.69, 9.17) is 4.74 Å². The molecule has 0 radical (unpaired) electrons. The molecule has 2 heterocycles. The number of carbonyl (C=O) groups is 3. The highest BCUT2D eigenvalue weighted by Crippen LogP contribution is 2.45. The molecule has 0 aliphatic carbocycles. The SMILES string of the molecule is CCN1C(=O)C(F)(F)c2cc(N3CC(CNC(C)=O)OC3=O)ccc21. The van der Waals surface area contributed by atoms with Crippen LogP contribution in [0.4, 0.5) is 25.0 Å². The average molecular weight is 353 g/mol. The lowest BCUT2D eigenvalue weighted by molar-refractivity contribution is -0.141. The zero-order valence-electron chi connectivity index (χ0n) is 13.7. The molecule has 0 bridgehead atoms. The molecule has 1 aromatic rings. The topological polar surface area (TPSA) is 79.0 Å². The molecule has 1 unspecified atom stereocenters. The highest BCUT2D eigenvalue weighted by molar-refractivity contribution is 6.06. The Labute approximate surface area is 142 Å². The molecule has 1 fully saturated rings. The third-order valence-electron chi connectivity index (χ3n) is 4.20. The van der Waals surface area contributed by atoms with Crippen LogP contribution in [-0.4, -0.2) is 43.6 Å². The largest absolute Gasteiger partial charge is 0.442 e. The number of anilines is 2. The van der Waals surface area contributed by atoms with Crippen molar-refractivity contribution in [3.05, 3.63) is 23.8 Å². The van der Waals surface area contributed by atoms with Crippen LogP contribution in [0.15, 0.2) is 18.2 Å². The van der Waals surface area contributed by atoms with Gasteiger partial charge in [-0.05, 0) is 25.1 Å². The molecular weight excluding hydrogens is 336 g/mol. The van der Waals surface area contributed by atoms with Crippen LogP contribution in [0, 0.1) is 0 Å². The number of fused-ring (bicyclic) bond motifs is 1. The summed E-state index contributed by atoms with van der Waals surface area (Å²) in [4.78, 5) is 37.0. The standard InChI is InChI=1S/C16H17F2N3O4/c1-3-20-13-5-4-10(6-12(13)16(17,18)14(20)23)21-8-11(25-15(21)24)7-19-9(2)22/h4-6,11H,3,7-8H2,1-2H3,(H,19,22). The first-order valence-corrected chi connectivity index (χ1v) is 7.82. The lowest BCUT2D eigenvalue weighted by Gasteiger charge is -2.16. The van der Waals surface area contributed by atoms with E-state index >= 15 is 0 Å². The van der Waals surface area contributed by atoms with Crippen molar-refractivity contribution in [3.63, 3.8) is 0 Å². The normalized spacial score (nSPS) is 21.4. The monoisotopic (exact) mass is 353 g/mol. The van der Waals surface area contributed by atoms with Crippen LogP contribution in [0.2, 0.25) is 0 Å². The fraction of sp³-hybridized carbons (Fsp3) is 0.438. The predicted octanol–water partition coefficient (Wildman–Crippen LogP) is 1.61. The van der Waals surface area contributed by atoms with E-state index in [-0.39, 0.29) is 36.9 Å². The van der Waals surface area contributed by atoms with Crippen molar-refractivity contribution in [1.82, 2.24) is 5.32 Å². The Hall–Kier alpha value is -2.71. The van der Waals surface area contributed by atoms with E-state index in [9.17, 15) is 23.2 Å². The maximum atomic E-state index is 14.2. The zero-order chi connectivity index (χ0) is 18.4. The number of nitrogens with one attached hydrogen (secondary N) is 1. The maximum absolute atomic E-state index is 14.2. The third-order valence-corrected chi connectivity index (χ3v) is 4.20. The summed E-state index contributed by atoms with van der Waals surface area (Å²) in [6.07, 6.45) is -1.26. The van der Waals surface area contributed by atoms with Crippen LogP contribution >= 0.6 is 0 Å². The minimum absolute atomic E-state index is 0.120. The molecule has 1 atom stereocenters. The molecule has 25 heavy (non-hydrogen) atoms. The molecule has 3 amide bonds. The summed E-state index contributed by atoms with van der Waals surface area (Å²) in [5, 5.41) is 2.54. The molecule has 9 heteroatoms. The highest BCUT2D eigenvalue weighted by atomic mass is 19.3. The molecule has 1 N–H and O–H groups in total. The van der Waals surface area contributed by atoms with Gasteiger partial charge < -0.3 is 15.0 Å². The van der Waals surface area contributed by atoms with Gasteiger partial charge in [-0.1, -0.05) is 0 Å². The Morgan fingerprint density at radius 2 is 2.12 bits per heavy atom. The number of ether oxygens (including phenoxy) is 1. The zero-order valence-corrected chi connectivity index (χ0v) is 13.7. The highest BCUT2D eigenvalue weighted by Gasteiger charge is 2.52. The number of alkyl halides is 2. The van der Waals surface area contributed by atoms with Gasteiger partial charge in [0.05, 0.1) is 24.3 Å². The Morgan fingerprint density at radius 3 is 2.76 bits per heavy atom. The van der Waals surface area contributed by atoms with Gasteiger partial charge in [0.15, 0.2) is 0 Å². The number of rotatable bonds is 4. The van der Waals surface area contributed by atoms with Gasteiger partial charge >= 0.3 is 17.9 Å². The Morgan fingerprint density at radius 1 is 1.40 bits per heavy atom. The van der Waals surface area contributed by atoms with Crippen molar-refractivity contribution in [1.29, 1.82) is 0 Å². The van der Waals surface area contributed by atoms with Gasteiger partial charge in [-0.2, -0.15) is 8.78 Å². The van der Waals surface area contributed by atoms with Crippen molar-refractivity contribution in [2.75, 3.05) is 29.4 Å². The second kappa shape index (κ2) is 5.98. The molecule has 1 aromatic carbocycles. The van der Waals surface area contributed by atoms with Gasteiger partial charge in [0.25, 0.3) is 0 Å². The van der Waals surface area contributed by atoms with Gasteiger partial charge in [0.2, 0.25) is 5.91 Å². The third kappa shape index (κ3) is 2.79. The number of amides is 3. The number of halogens is 2. The summed E-state index contributed by atoms with van der Waals surface area (Å²) < 4.78 is 33.6. The first-order valence-electron chi connectivity index (χ1n) is 7.82. The van der Waals surface area contributed by atoms with Crippen molar-refractivity contribution >= 4 is 29.3 Å². The minimum Gasteiger partial charge on any atom is -0.442 e. The molecular formula is C16H17F2N3O4. The number of hydrogen-bond donors (Lipinski definition) is 1. The number of likely N-dealkylation sites (N-methyl/N-ethyl adjacent to an activating group) is 1. The van der Waals surface area contributed by atoms with Gasteiger partial charge in [0, 0.05) is 19.2 Å². The van der Waals surface area contributed by atoms with Crippen molar-refractivity contribution < 1.29 is 27.9 Å². The number of nitrogens with zero attached hydrogens (tertiary/aromatic N) is 2. The second-order valence-electron chi connectivity index (χ2n) is 5.88. The first kappa shape index (κ1) is 17.1. The molecule has 2 aliphatic heterocycles. The molecule has 134 valence electrons. The lowest BCUT2D eigenvalue weighted by Crippen LogP contribution is -2.34. The minimum atomic E-state index is -3.62. The van der Waals surface area contributed by atoms with E-state index in [2.05, 4.69) is 5.32 Å². The number of cyclic esters (lactones) is 1. The average Bonchev–Trinajstić information content (AvgIpc) is 3.02. The fourth-order valence-electron chi connectivity index (χ4n) is 2.98. The van der Waals surface area contributed by atoms with E-state index in [1.807, 2.05) is 0 Å². The van der Waals surface area contributed by atoms with Crippen LogP contribution in [0.3, 0.4) is 0 Å². The smallest absolute Gasteiger partial charge is 0.414 e. The molecule has 0 saturated carbocycles. The van der Waals surface area contributed by atoms with Crippen LogP contribution in [0.25, 0.3) is 0 Å². The molecule has 2 aliphatic rings. The van der Waals surface area contributed by atoms with Gasteiger partial charge in [-0.25, -0.2) is 4.79 Å². The maximum Gasteiger partial charge on any atom is 0.414 e. The summed E-state index contributed by atoms with van der Waals surface area (Å²) in [6.45, 7) is 3.34. The van der Waals surface area contributed by atoms with E-state index in [0.29, 0.717) is 0 Å². The second-order valence-corrected chi connectivity index (χ2v) is 5.88. The quantitative estimate of drug-likeness (QED) is 0.892. The summed E-state index contributed by atoms with van der Waals surface area (Å²) in [5.74, 6) is -5.15. The predicted molar refractivity (Wildman–Crippen MR) is 84.7 cm³/mol. The van der Waals surface area contributed by atoms with E-state index in [1.165, 1.54) is 24.0 Å². The van der Waals surface area contributed by atoms with Crippen molar-refractivity contribution in [2.45, 2.75) is 25.9 Å². The number of hydrogen-bond acceptors (Lipinski definition) is 4. The van der Waals surface area contributed by atoms with Crippen LogP contribution < -0.4 is 15.1 Å². The van der Waals surface area contributed by atoms with Crippen LogP contribution in [0.1, 0.15) is 19.4 Å². The number of benzene rings is 1. The first-order chi connectivity index (χ1) is 11.8. The van der Waals surface area contributed by atoms with E-state index in [1.54, 1.807) is 6.92 Å². The summed E-state index contributed by atoms with van der Waals surface area (Å²) >= 11 is 0. The van der Waals surface area contributed by atoms with Crippen LogP contribution in [0.5, 0.6) is 0 Å². The molecule has 1 saturated heterocycles. The molecule has 7 nitrogen and oxygen atoms in total. The van der Waals surface area contributed by atoms with Gasteiger partial charge in [-0.15, -0.1) is 0 Å².